The first-order valence-corrected chi connectivity index (χ1v) is 20.2. The highest BCUT2D eigenvalue weighted by atomic mass is 16.3. The maximum Gasteiger partial charge on any atom is 0.164 e. The average molecular weight is 754 g/mol. The molecule has 0 aliphatic heterocycles. The van der Waals surface area contributed by atoms with Crippen molar-refractivity contribution in [3.05, 3.63) is 205 Å². The summed E-state index contributed by atoms with van der Waals surface area (Å²) < 4.78 is 6.67. The van der Waals surface area contributed by atoms with Crippen LogP contribution in [0.25, 0.3) is 105 Å². The van der Waals surface area contributed by atoms with Crippen molar-refractivity contribution in [3.8, 4) is 34.2 Å². The molecule has 1 aliphatic carbocycles. The zero-order valence-electron chi connectivity index (χ0n) is 32.0. The topological polar surface area (TPSA) is 51.8 Å². The normalized spacial score (nSPS) is 14.2. The summed E-state index contributed by atoms with van der Waals surface area (Å²) >= 11 is 0. The molecule has 0 N–H and O–H groups in total. The van der Waals surface area contributed by atoms with Crippen molar-refractivity contribution in [2.45, 2.75) is 12.3 Å². The molecular weight excluding hydrogens is 719 g/mol. The average Bonchev–Trinajstić information content (AvgIpc) is 3.69. The van der Waals surface area contributed by atoms with Crippen LogP contribution in [0.3, 0.4) is 0 Å². The lowest BCUT2D eigenvalue weighted by atomic mass is 9.86. The fourth-order valence-corrected chi connectivity index (χ4v) is 9.19. The maximum absolute atomic E-state index is 6.67. The molecule has 0 saturated heterocycles. The van der Waals surface area contributed by atoms with Crippen LogP contribution in [0, 0.1) is 0 Å². The van der Waals surface area contributed by atoms with Gasteiger partial charge in [-0.2, -0.15) is 0 Å². The molecule has 1 atom stereocenters. The van der Waals surface area contributed by atoms with Gasteiger partial charge in [0.15, 0.2) is 17.5 Å². The van der Waals surface area contributed by atoms with E-state index in [0.717, 1.165) is 82.9 Å². The lowest BCUT2D eigenvalue weighted by molar-refractivity contribution is 0.667. The number of furan rings is 1. The third-order valence-corrected chi connectivity index (χ3v) is 12.0. The summed E-state index contributed by atoms with van der Waals surface area (Å²) in [5.74, 6) is 2.01. The minimum absolute atomic E-state index is 0.147. The van der Waals surface area contributed by atoms with Crippen LogP contribution in [0.15, 0.2) is 199 Å². The molecule has 2 aromatic heterocycles. The summed E-state index contributed by atoms with van der Waals surface area (Å²) in [6.45, 7) is 0. The largest absolute Gasteiger partial charge is 0.456 e. The molecule has 0 amide bonds. The molecule has 9 aromatic carbocycles. The summed E-state index contributed by atoms with van der Waals surface area (Å²) in [5.41, 5.74) is 8.13. The van der Waals surface area contributed by atoms with Crippen molar-refractivity contribution in [3.63, 3.8) is 0 Å². The second kappa shape index (κ2) is 13.5. The number of hydrogen-bond donors (Lipinski definition) is 0. The van der Waals surface area contributed by atoms with E-state index in [4.69, 9.17) is 19.4 Å². The van der Waals surface area contributed by atoms with Gasteiger partial charge in [-0.3, -0.25) is 0 Å². The second-order valence-corrected chi connectivity index (χ2v) is 15.5. The smallest absolute Gasteiger partial charge is 0.164 e. The highest BCUT2D eigenvalue weighted by molar-refractivity contribution is 6.16. The van der Waals surface area contributed by atoms with Crippen LogP contribution in [0.4, 0.5) is 0 Å². The van der Waals surface area contributed by atoms with Gasteiger partial charge in [0, 0.05) is 33.4 Å². The highest BCUT2D eigenvalue weighted by Gasteiger charge is 2.23. The fraction of sp³-hybridized carbons (Fsp3) is 0.0364. The summed E-state index contributed by atoms with van der Waals surface area (Å²) in [7, 11) is 0. The van der Waals surface area contributed by atoms with Crippen molar-refractivity contribution in [1.82, 2.24) is 15.0 Å². The van der Waals surface area contributed by atoms with Gasteiger partial charge in [-0.25, -0.2) is 15.0 Å². The predicted octanol–water partition coefficient (Wildman–Crippen LogP) is 14.5. The van der Waals surface area contributed by atoms with E-state index in [1.54, 1.807) is 0 Å². The zero-order valence-corrected chi connectivity index (χ0v) is 32.0. The zero-order chi connectivity index (χ0) is 38.9. The van der Waals surface area contributed by atoms with Crippen LogP contribution in [0.1, 0.15) is 23.5 Å². The quantitative estimate of drug-likeness (QED) is 0.164. The number of hydrogen-bond acceptors (Lipinski definition) is 4. The SMILES string of the molecule is C1=CC(c2cc(-c3nc(-c4cc5ccccc5c5ccccc45)nc(-c4cc5ccccc5c5ccccc45)n3)c3c(c2)oc2ccccc23)CC=C1c1ccccc1. The van der Waals surface area contributed by atoms with Crippen molar-refractivity contribution >= 4 is 70.6 Å². The van der Waals surface area contributed by atoms with Gasteiger partial charge in [0.25, 0.3) is 0 Å². The molecule has 59 heavy (non-hydrogen) atoms. The molecular formula is C55H35N3O. The van der Waals surface area contributed by atoms with E-state index in [9.17, 15) is 0 Å². The third kappa shape index (κ3) is 5.56. The molecule has 276 valence electrons. The molecule has 4 heteroatoms. The van der Waals surface area contributed by atoms with Crippen LogP contribution in [0.5, 0.6) is 0 Å². The van der Waals surface area contributed by atoms with E-state index in [1.807, 2.05) is 12.1 Å². The first-order valence-electron chi connectivity index (χ1n) is 20.2. The summed E-state index contributed by atoms with van der Waals surface area (Å²) in [4.78, 5) is 16.4. The van der Waals surface area contributed by atoms with E-state index in [1.165, 1.54) is 21.9 Å². The Bertz CT molecular complexity index is 3410. The Morgan fingerprint density at radius 2 is 0.932 bits per heavy atom. The molecule has 12 rings (SSSR count). The van der Waals surface area contributed by atoms with Gasteiger partial charge in [-0.05, 0) is 96.5 Å². The molecule has 1 unspecified atom stereocenters. The van der Waals surface area contributed by atoms with E-state index < -0.39 is 0 Å². The van der Waals surface area contributed by atoms with Crippen LogP contribution in [-0.4, -0.2) is 15.0 Å². The van der Waals surface area contributed by atoms with Gasteiger partial charge in [-0.1, -0.05) is 164 Å². The Labute approximate surface area is 340 Å². The van der Waals surface area contributed by atoms with Crippen LogP contribution < -0.4 is 0 Å². The van der Waals surface area contributed by atoms with E-state index in [0.29, 0.717) is 17.5 Å². The first kappa shape index (κ1) is 33.4. The maximum atomic E-state index is 6.67. The Hall–Kier alpha value is -7.69. The number of allylic oxidation sites excluding steroid dienone is 4. The molecule has 0 fully saturated rings. The third-order valence-electron chi connectivity index (χ3n) is 12.0. The second-order valence-electron chi connectivity index (χ2n) is 15.5. The standard InChI is InChI=1S/C55H35N3O/c1-2-14-34(15-3-1)35-26-28-36(29-27-35)39-32-49(52-46-24-12-13-25-50(46)59-51(52)33-39)55-57-53(47-30-37-16-4-6-18-40(37)42-20-8-10-22-44(42)47)56-54(58-55)48-31-38-17-5-7-19-41(38)43-21-9-11-23-45(43)48/h1-28,30-33,36H,29H2. The number of aromatic nitrogens is 3. The van der Waals surface area contributed by atoms with Crippen molar-refractivity contribution in [1.29, 1.82) is 0 Å². The summed E-state index contributed by atoms with van der Waals surface area (Å²) in [6.07, 6.45) is 7.78. The summed E-state index contributed by atoms with van der Waals surface area (Å²) in [6, 6.07) is 62.1. The van der Waals surface area contributed by atoms with Crippen molar-refractivity contribution < 1.29 is 4.42 Å². The van der Waals surface area contributed by atoms with Gasteiger partial charge in [0.2, 0.25) is 0 Å². The monoisotopic (exact) mass is 753 g/mol. The number of fused-ring (bicyclic) bond motifs is 9. The van der Waals surface area contributed by atoms with Crippen molar-refractivity contribution in [2.75, 3.05) is 0 Å². The first-order chi connectivity index (χ1) is 29.2. The van der Waals surface area contributed by atoms with Crippen LogP contribution >= 0.6 is 0 Å². The molecule has 4 nitrogen and oxygen atoms in total. The van der Waals surface area contributed by atoms with E-state index >= 15 is 0 Å². The molecule has 0 saturated carbocycles. The number of nitrogens with zero attached hydrogens (tertiary/aromatic N) is 3. The molecule has 2 heterocycles. The van der Waals surface area contributed by atoms with E-state index in [-0.39, 0.29) is 5.92 Å². The van der Waals surface area contributed by atoms with Gasteiger partial charge < -0.3 is 4.42 Å². The highest BCUT2D eigenvalue weighted by Crippen LogP contribution is 2.43. The number of rotatable bonds is 5. The lowest BCUT2D eigenvalue weighted by Crippen LogP contribution is -2.03. The van der Waals surface area contributed by atoms with Gasteiger partial charge in [-0.15, -0.1) is 0 Å². The molecule has 1 aliphatic rings. The Morgan fingerprint density at radius 1 is 0.424 bits per heavy atom. The Balaban J connectivity index is 1.14. The predicted molar refractivity (Wildman–Crippen MR) is 244 cm³/mol. The van der Waals surface area contributed by atoms with Crippen molar-refractivity contribution in [2.24, 2.45) is 0 Å². The lowest BCUT2D eigenvalue weighted by Gasteiger charge is -2.18. The minimum atomic E-state index is 0.147. The van der Waals surface area contributed by atoms with Gasteiger partial charge >= 0.3 is 0 Å². The number of para-hydroxylation sites is 1. The minimum Gasteiger partial charge on any atom is -0.456 e. The molecule has 0 spiro atoms. The van der Waals surface area contributed by atoms with E-state index in [2.05, 4.69) is 182 Å². The Morgan fingerprint density at radius 3 is 1.53 bits per heavy atom. The van der Waals surface area contributed by atoms with Crippen LogP contribution in [-0.2, 0) is 0 Å². The Kier molecular flexibility index (Phi) is 7.63. The molecule has 0 radical (unpaired) electrons. The number of benzene rings is 9. The fourth-order valence-electron chi connectivity index (χ4n) is 9.19. The molecule has 11 aromatic rings. The molecule has 0 bridgehead atoms. The van der Waals surface area contributed by atoms with Gasteiger partial charge in [0.1, 0.15) is 11.2 Å². The van der Waals surface area contributed by atoms with Gasteiger partial charge in [0.05, 0.1) is 0 Å². The van der Waals surface area contributed by atoms with Crippen LogP contribution in [0.2, 0.25) is 0 Å². The summed E-state index contributed by atoms with van der Waals surface area (Å²) in [5, 5.41) is 11.2.